The van der Waals surface area contributed by atoms with Gasteiger partial charge in [0.1, 0.15) is 0 Å². The zero-order valence-corrected chi connectivity index (χ0v) is 12.9. The molecule has 0 heterocycles. The van der Waals surface area contributed by atoms with Crippen LogP contribution in [-0.4, -0.2) is 18.0 Å². The van der Waals surface area contributed by atoms with Gasteiger partial charge in [-0.05, 0) is 43.5 Å². The number of rotatable bonds is 3. The summed E-state index contributed by atoms with van der Waals surface area (Å²) in [7, 11) is 0. The molecule has 3 N–H and O–H groups in total. The molecule has 1 aromatic carbocycles. The van der Waals surface area contributed by atoms with Crippen LogP contribution in [0.2, 0.25) is 0 Å². The van der Waals surface area contributed by atoms with Crippen LogP contribution in [0.3, 0.4) is 0 Å². The van der Waals surface area contributed by atoms with E-state index in [1.807, 2.05) is 25.1 Å². The molecule has 0 aromatic heterocycles. The van der Waals surface area contributed by atoms with Gasteiger partial charge in [0.15, 0.2) is 0 Å². The molecular formula is C15H21BrN2O. The average molecular weight is 325 g/mol. The van der Waals surface area contributed by atoms with Gasteiger partial charge in [-0.25, -0.2) is 0 Å². The highest BCUT2D eigenvalue weighted by molar-refractivity contribution is 9.10. The lowest BCUT2D eigenvalue weighted by atomic mass is 9.82. The Morgan fingerprint density at radius 1 is 1.37 bits per heavy atom. The maximum atomic E-state index is 12.1. The maximum absolute atomic E-state index is 12.1. The molecule has 4 heteroatoms. The number of nitrogens with two attached hydrogens (primary N) is 1. The number of halogens is 1. The second kappa shape index (κ2) is 6.06. The first-order valence-corrected chi connectivity index (χ1v) is 7.63. The standard InChI is InChI=1S/C15H21BrN2O/c1-11-9-12(5-6-13(11)16)14(19)18-10-15(17)7-3-2-4-8-15/h5-6,9H,2-4,7-8,10,17H2,1H3,(H,18,19). The molecule has 1 saturated carbocycles. The summed E-state index contributed by atoms with van der Waals surface area (Å²) in [6, 6.07) is 5.63. The lowest BCUT2D eigenvalue weighted by Crippen LogP contribution is -2.51. The van der Waals surface area contributed by atoms with E-state index < -0.39 is 0 Å². The van der Waals surface area contributed by atoms with Crippen LogP contribution in [0.25, 0.3) is 0 Å². The van der Waals surface area contributed by atoms with Crippen LogP contribution in [0.1, 0.15) is 48.0 Å². The Labute approximate surface area is 123 Å². The van der Waals surface area contributed by atoms with E-state index in [4.69, 9.17) is 5.73 Å². The summed E-state index contributed by atoms with van der Waals surface area (Å²) in [6.07, 6.45) is 5.62. The normalized spacial score (nSPS) is 18.1. The van der Waals surface area contributed by atoms with Gasteiger partial charge >= 0.3 is 0 Å². The van der Waals surface area contributed by atoms with Crippen molar-refractivity contribution in [2.24, 2.45) is 5.73 Å². The molecule has 3 nitrogen and oxygen atoms in total. The van der Waals surface area contributed by atoms with Crippen molar-refractivity contribution in [1.29, 1.82) is 0 Å². The molecule has 19 heavy (non-hydrogen) atoms. The smallest absolute Gasteiger partial charge is 0.251 e. The minimum Gasteiger partial charge on any atom is -0.350 e. The van der Waals surface area contributed by atoms with Crippen LogP contribution in [0.5, 0.6) is 0 Å². The Kier molecular flexibility index (Phi) is 4.63. The third-order valence-corrected chi connectivity index (χ3v) is 4.76. The first-order valence-electron chi connectivity index (χ1n) is 6.83. The maximum Gasteiger partial charge on any atom is 0.251 e. The van der Waals surface area contributed by atoms with Gasteiger partial charge in [-0.15, -0.1) is 0 Å². The van der Waals surface area contributed by atoms with E-state index in [0.717, 1.165) is 22.9 Å². The summed E-state index contributed by atoms with van der Waals surface area (Å²) < 4.78 is 1.02. The zero-order valence-electron chi connectivity index (χ0n) is 11.3. The fourth-order valence-electron chi connectivity index (χ4n) is 2.58. The van der Waals surface area contributed by atoms with Gasteiger partial charge in [0.2, 0.25) is 0 Å². The minimum absolute atomic E-state index is 0.0361. The average Bonchev–Trinajstić information content (AvgIpc) is 2.40. The van der Waals surface area contributed by atoms with Crippen molar-refractivity contribution >= 4 is 21.8 Å². The van der Waals surface area contributed by atoms with E-state index in [0.29, 0.717) is 12.1 Å². The molecule has 0 aliphatic heterocycles. The fourth-order valence-corrected chi connectivity index (χ4v) is 2.82. The van der Waals surface area contributed by atoms with Gasteiger partial charge in [0, 0.05) is 22.1 Å². The van der Waals surface area contributed by atoms with Gasteiger partial charge in [-0.3, -0.25) is 4.79 Å². The highest BCUT2D eigenvalue weighted by Gasteiger charge is 2.27. The number of aryl methyl sites for hydroxylation is 1. The van der Waals surface area contributed by atoms with Crippen molar-refractivity contribution in [1.82, 2.24) is 5.32 Å². The number of carbonyl (C=O) groups excluding carboxylic acids is 1. The Bertz CT molecular complexity index is 467. The van der Waals surface area contributed by atoms with E-state index >= 15 is 0 Å². The Balaban J connectivity index is 1.95. The molecule has 1 aliphatic carbocycles. The third kappa shape index (κ3) is 3.80. The van der Waals surface area contributed by atoms with Crippen LogP contribution >= 0.6 is 15.9 Å². The van der Waals surface area contributed by atoms with E-state index in [2.05, 4.69) is 21.2 Å². The molecule has 0 atom stereocenters. The van der Waals surface area contributed by atoms with E-state index in [-0.39, 0.29) is 11.4 Å². The first-order chi connectivity index (χ1) is 9.00. The molecule has 2 rings (SSSR count). The van der Waals surface area contributed by atoms with E-state index in [1.165, 1.54) is 19.3 Å². The number of amides is 1. The largest absolute Gasteiger partial charge is 0.350 e. The van der Waals surface area contributed by atoms with Crippen LogP contribution in [0.15, 0.2) is 22.7 Å². The Morgan fingerprint density at radius 2 is 2.05 bits per heavy atom. The third-order valence-electron chi connectivity index (χ3n) is 3.87. The number of carbonyl (C=O) groups is 1. The molecule has 0 unspecified atom stereocenters. The topological polar surface area (TPSA) is 55.1 Å². The number of benzene rings is 1. The van der Waals surface area contributed by atoms with Crippen molar-refractivity contribution in [3.63, 3.8) is 0 Å². The molecular weight excluding hydrogens is 304 g/mol. The molecule has 0 saturated heterocycles. The highest BCUT2D eigenvalue weighted by Crippen LogP contribution is 2.25. The predicted molar refractivity (Wildman–Crippen MR) is 81.2 cm³/mol. The van der Waals surface area contributed by atoms with E-state index in [9.17, 15) is 4.79 Å². The summed E-state index contributed by atoms with van der Waals surface area (Å²) in [5, 5.41) is 2.98. The van der Waals surface area contributed by atoms with E-state index in [1.54, 1.807) is 0 Å². The van der Waals surface area contributed by atoms with Gasteiger partial charge in [0.25, 0.3) is 5.91 Å². The van der Waals surface area contributed by atoms with Crippen molar-refractivity contribution in [3.05, 3.63) is 33.8 Å². The Hall–Kier alpha value is -0.870. The minimum atomic E-state index is -0.210. The zero-order chi connectivity index (χ0) is 13.9. The van der Waals surface area contributed by atoms with Crippen molar-refractivity contribution in [2.75, 3.05) is 6.54 Å². The second-order valence-corrected chi connectivity index (χ2v) is 6.42. The molecule has 0 bridgehead atoms. The van der Waals surface area contributed by atoms with Gasteiger partial charge < -0.3 is 11.1 Å². The molecule has 0 spiro atoms. The molecule has 104 valence electrons. The summed E-state index contributed by atoms with van der Waals surface area (Å²) in [5.41, 5.74) is 7.86. The SMILES string of the molecule is Cc1cc(C(=O)NCC2(N)CCCCC2)ccc1Br. The number of hydrogen-bond donors (Lipinski definition) is 2. The van der Waals surface area contributed by atoms with Crippen LogP contribution in [0.4, 0.5) is 0 Å². The van der Waals surface area contributed by atoms with Crippen LogP contribution < -0.4 is 11.1 Å². The van der Waals surface area contributed by atoms with Gasteiger partial charge in [-0.1, -0.05) is 35.2 Å². The van der Waals surface area contributed by atoms with Crippen molar-refractivity contribution < 1.29 is 4.79 Å². The molecule has 1 aliphatic rings. The molecule has 1 aromatic rings. The summed E-state index contributed by atoms with van der Waals surface area (Å²) in [4.78, 5) is 12.1. The number of hydrogen-bond acceptors (Lipinski definition) is 2. The lowest BCUT2D eigenvalue weighted by molar-refractivity contribution is 0.0937. The summed E-state index contributed by atoms with van der Waals surface area (Å²) >= 11 is 3.44. The van der Waals surface area contributed by atoms with Gasteiger partial charge in [0.05, 0.1) is 0 Å². The number of nitrogens with one attached hydrogen (secondary N) is 1. The van der Waals surface area contributed by atoms with Crippen LogP contribution in [-0.2, 0) is 0 Å². The second-order valence-electron chi connectivity index (χ2n) is 5.57. The monoisotopic (exact) mass is 324 g/mol. The highest BCUT2D eigenvalue weighted by atomic mass is 79.9. The Morgan fingerprint density at radius 3 is 2.68 bits per heavy atom. The summed E-state index contributed by atoms with van der Waals surface area (Å²) in [5.74, 6) is -0.0361. The quantitative estimate of drug-likeness (QED) is 0.897. The van der Waals surface area contributed by atoms with Gasteiger partial charge in [-0.2, -0.15) is 0 Å². The summed E-state index contributed by atoms with van der Waals surface area (Å²) in [6.45, 7) is 2.55. The molecule has 1 amide bonds. The van der Waals surface area contributed by atoms with Crippen molar-refractivity contribution in [3.8, 4) is 0 Å². The van der Waals surface area contributed by atoms with Crippen LogP contribution in [0, 0.1) is 6.92 Å². The fraction of sp³-hybridized carbons (Fsp3) is 0.533. The molecule has 0 radical (unpaired) electrons. The first kappa shape index (κ1) is 14.5. The molecule has 1 fully saturated rings. The predicted octanol–water partition coefficient (Wildman–Crippen LogP) is 3.15. The lowest BCUT2D eigenvalue weighted by Gasteiger charge is -2.33. The van der Waals surface area contributed by atoms with Crippen molar-refractivity contribution in [2.45, 2.75) is 44.6 Å².